The van der Waals surface area contributed by atoms with E-state index in [1.807, 2.05) is 12.1 Å². The molecule has 2 aromatic carbocycles. The monoisotopic (exact) mass is 476 g/mol. The smallest absolute Gasteiger partial charge is 0.206 e. The van der Waals surface area contributed by atoms with Gasteiger partial charge in [-0.05, 0) is 54.9 Å². The van der Waals surface area contributed by atoms with Gasteiger partial charge in [-0.1, -0.05) is 95.9 Å². The Morgan fingerprint density at radius 1 is 0.824 bits per heavy atom. The fourth-order valence-corrected chi connectivity index (χ4v) is 5.28. The lowest BCUT2D eigenvalue weighted by Crippen LogP contribution is -2.32. The van der Waals surface area contributed by atoms with Crippen molar-refractivity contribution in [2.24, 2.45) is 5.92 Å². The topological polar surface area (TPSA) is 0 Å². The molecule has 0 N–H and O–H groups in total. The number of hydrogen-bond acceptors (Lipinski definition) is 0. The molecule has 0 heterocycles. The van der Waals surface area contributed by atoms with Crippen LogP contribution in [-0.2, 0) is 18.8 Å². The van der Waals surface area contributed by atoms with E-state index in [9.17, 15) is 0 Å². The number of alkyl halides is 2. The Balaban J connectivity index is 1.72. The zero-order valence-corrected chi connectivity index (χ0v) is 20.9. The van der Waals surface area contributed by atoms with Crippen LogP contribution in [0.15, 0.2) is 30.3 Å². The maximum Gasteiger partial charge on any atom is 0.276 e. The molecule has 1 aliphatic carbocycles. The minimum atomic E-state index is -3.19. The number of unbranched alkanes of at least 4 members (excludes halogenated alkanes) is 8. The molecule has 1 unspecified atom stereocenters. The first-order valence-corrected chi connectivity index (χ1v) is 13.4. The molecule has 4 heteroatoms. The average Bonchev–Trinajstić information content (AvgIpc) is 2.81. The molecule has 0 fully saturated rings. The van der Waals surface area contributed by atoms with Gasteiger partial charge in [0.15, 0.2) is 0 Å². The van der Waals surface area contributed by atoms with Crippen molar-refractivity contribution in [1.82, 2.24) is 0 Å². The van der Waals surface area contributed by atoms with E-state index < -0.39 is 29.0 Å². The van der Waals surface area contributed by atoms with E-state index in [1.54, 1.807) is 12.1 Å². The lowest BCUT2D eigenvalue weighted by atomic mass is 9.77. The highest BCUT2D eigenvalue weighted by atomic mass is 19.3. The summed E-state index contributed by atoms with van der Waals surface area (Å²) in [6, 6.07) is 8.15. The Morgan fingerprint density at radius 3 is 2.12 bits per heavy atom. The molecule has 0 aromatic heterocycles. The minimum Gasteiger partial charge on any atom is -0.206 e. The van der Waals surface area contributed by atoms with E-state index in [-0.39, 0.29) is 24.0 Å². The number of benzene rings is 2. The van der Waals surface area contributed by atoms with E-state index in [2.05, 4.69) is 13.8 Å². The molecule has 0 radical (unpaired) electrons. The van der Waals surface area contributed by atoms with Crippen molar-refractivity contribution >= 4 is 0 Å². The molecule has 0 spiro atoms. The molecule has 0 saturated carbocycles. The van der Waals surface area contributed by atoms with Crippen molar-refractivity contribution < 1.29 is 17.6 Å². The summed E-state index contributed by atoms with van der Waals surface area (Å²) < 4.78 is 60.8. The van der Waals surface area contributed by atoms with Crippen LogP contribution in [0, 0.1) is 17.6 Å². The highest BCUT2D eigenvalue weighted by Gasteiger charge is 2.46. The standard InChI is InChI=1S/C30H40F4/c1-3-5-7-9-10-11-13-22-15-17-23(18-16-22)28-27(31)21-26-25(29(28)32)20-19-24(30(26,33)34)14-12-8-6-4-2/h15-18,21,24H,3-14,19-20H2,1-2H3. The van der Waals surface area contributed by atoms with Crippen LogP contribution in [0.5, 0.6) is 0 Å². The molecule has 1 aliphatic rings. The number of halogens is 4. The van der Waals surface area contributed by atoms with Crippen LogP contribution in [-0.4, -0.2) is 0 Å². The van der Waals surface area contributed by atoms with Gasteiger partial charge >= 0.3 is 0 Å². The highest BCUT2D eigenvalue weighted by molar-refractivity contribution is 5.67. The predicted octanol–water partition coefficient (Wildman–Crippen LogP) is 10.2. The number of fused-ring (bicyclic) bond motifs is 1. The van der Waals surface area contributed by atoms with Crippen LogP contribution in [0.3, 0.4) is 0 Å². The summed E-state index contributed by atoms with van der Waals surface area (Å²) in [5.41, 5.74) is 0.909. The highest BCUT2D eigenvalue weighted by Crippen LogP contribution is 2.48. The fraction of sp³-hybridized carbons (Fsp3) is 0.600. The van der Waals surface area contributed by atoms with Gasteiger partial charge in [0.05, 0.1) is 5.56 Å². The molecule has 2 aromatic rings. The van der Waals surface area contributed by atoms with Crippen LogP contribution >= 0.6 is 0 Å². The average molecular weight is 477 g/mol. The molecule has 188 valence electrons. The van der Waals surface area contributed by atoms with Crippen molar-refractivity contribution in [3.05, 3.63) is 58.7 Å². The van der Waals surface area contributed by atoms with Gasteiger partial charge in [0, 0.05) is 11.5 Å². The van der Waals surface area contributed by atoms with E-state index >= 15 is 17.6 Å². The first-order chi connectivity index (χ1) is 16.4. The summed E-state index contributed by atoms with van der Waals surface area (Å²) in [6.07, 6.45) is 12.8. The summed E-state index contributed by atoms with van der Waals surface area (Å²) in [7, 11) is 0. The largest absolute Gasteiger partial charge is 0.276 e. The van der Waals surface area contributed by atoms with Crippen molar-refractivity contribution in [1.29, 1.82) is 0 Å². The summed E-state index contributed by atoms with van der Waals surface area (Å²) in [5.74, 6) is -5.75. The molecule has 1 atom stereocenters. The second-order valence-electron chi connectivity index (χ2n) is 10.00. The minimum absolute atomic E-state index is 0.0117. The van der Waals surface area contributed by atoms with Crippen LogP contribution < -0.4 is 0 Å². The van der Waals surface area contributed by atoms with Gasteiger partial charge in [-0.15, -0.1) is 0 Å². The SMILES string of the molecule is CCCCCCCCc1ccc(-c2c(F)cc3c(c2F)CCC(CCCCCC)C3(F)F)cc1. The summed E-state index contributed by atoms with van der Waals surface area (Å²) in [4.78, 5) is 0. The molecule has 0 saturated heterocycles. The molecule has 0 amide bonds. The van der Waals surface area contributed by atoms with Gasteiger partial charge in [0.2, 0.25) is 0 Å². The van der Waals surface area contributed by atoms with E-state index in [0.29, 0.717) is 12.0 Å². The summed E-state index contributed by atoms with van der Waals surface area (Å²) >= 11 is 0. The molecule has 0 aliphatic heterocycles. The summed E-state index contributed by atoms with van der Waals surface area (Å²) in [6.45, 7) is 4.28. The third-order valence-electron chi connectivity index (χ3n) is 7.40. The second kappa shape index (κ2) is 12.7. The van der Waals surface area contributed by atoms with Crippen LogP contribution in [0.25, 0.3) is 11.1 Å². The van der Waals surface area contributed by atoms with Crippen molar-refractivity contribution in [2.45, 2.75) is 110 Å². The zero-order chi connectivity index (χ0) is 24.6. The van der Waals surface area contributed by atoms with Crippen LogP contribution in [0.1, 0.15) is 108 Å². The Morgan fingerprint density at radius 2 is 1.44 bits per heavy atom. The Bertz CT molecular complexity index is 901. The van der Waals surface area contributed by atoms with Gasteiger partial charge < -0.3 is 0 Å². The maximum absolute atomic E-state index is 15.4. The Hall–Kier alpha value is -1.84. The lowest BCUT2D eigenvalue weighted by Gasteiger charge is -2.34. The zero-order valence-electron chi connectivity index (χ0n) is 20.9. The number of hydrogen-bond donors (Lipinski definition) is 0. The second-order valence-corrected chi connectivity index (χ2v) is 10.00. The predicted molar refractivity (Wildman–Crippen MR) is 133 cm³/mol. The van der Waals surface area contributed by atoms with E-state index in [0.717, 1.165) is 50.2 Å². The van der Waals surface area contributed by atoms with Crippen molar-refractivity contribution in [2.75, 3.05) is 0 Å². The third kappa shape index (κ3) is 6.43. The first-order valence-electron chi connectivity index (χ1n) is 13.4. The number of rotatable bonds is 13. The van der Waals surface area contributed by atoms with Gasteiger partial charge in [0.1, 0.15) is 11.6 Å². The van der Waals surface area contributed by atoms with E-state index in [4.69, 9.17) is 0 Å². The number of aryl methyl sites for hydroxylation is 1. The summed E-state index contributed by atoms with van der Waals surface area (Å²) in [5, 5.41) is 0. The Labute approximate surface area is 203 Å². The van der Waals surface area contributed by atoms with Crippen LogP contribution in [0.4, 0.5) is 17.6 Å². The maximum atomic E-state index is 15.4. The van der Waals surface area contributed by atoms with Gasteiger partial charge in [-0.25, -0.2) is 17.6 Å². The molecular weight excluding hydrogens is 436 g/mol. The van der Waals surface area contributed by atoms with Crippen LogP contribution in [0.2, 0.25) is 0 Å². The molecule has 0 bridgehead atoms. The quantitative estimate of drug-likeness (QED) is 0.199. The molecule has 34 heavy (non-hydrogen) atoms. The van der Waals surface area contributed by atoms with Gasteiger partial charge in [-0.3, -0.25) is 0 Å². The van der Waals surface area contributed by atoms with Gasteiger partial charge in [-0.2, -0.15) is 0 Å². The third-order valence-corrected chi connectivity index (χ3v) is 7.40. The first kappa shape index (κ1) is 26.8. The van der Waals surface area contributed by atoms with E-state index in [1.165, 1.54) is 32.1 Å². The van der Waals surface area contributed by atoms with Crippen molar-refractivity contribution in [3.8, 4) is 11.1 Å². The molecular formula is C30H40F4. The lowest BCUT2D eigenvalue weighted by molar-refractivity contribution is -0.0797. The normalized spacial score (nSPS) is 17.1. The molecule has 3 rings (SSSR count). The van der Waals surface area contributed by atoms with Crippen molar-refractivity contribution in [3.63, 3.8) is 0 Å². The fourth-order valence-electron chi connectivity index (χ4n) is 5.28. The van der Waals surface area contributed by atoms with Gasteiger partial charge in [0.25, 0.3) is 5.92 Å². The molecule has 0 nitrogen and oxygen atoms in total. The Kier molecular flexibility index (Phi) is 10.0.